The van der Waals surface area contributed by atoms with Crippen molar-refractivity contribution in [2.75, 3.05) is 13.7 Å². The number of H-pyrrole nitrogens is 1. The zero-order valence-electron chi connectivity index (χ0n) is 13.6. The number of ether oxygens (including phenoxy) is 2. The van der Waals surface area contributed by atoms with Gasteiger partial charge in [-0.1, -0.05) is 5.21 Å². The third kappa shape index (κ3) is 3.13. The van der Waals surface area contributed by atoms with Crippen molar-refractivity contribution in [2.24, 2.45) is 0 Å². The van der Waals surface area contributed by atoms with Gasteiger partial charge in [-0.2, -0.15) is 0 Å². The van der Waals surface area contributed by atoms with Crippen molar-refractivity contribution >= 4 is 0 Å². The Bertz CT molecular complexity index is 947. The number of pyridine rings is 1. The molecule has 128 valence electrons. The van der Waals surface area contributed by atoms with E-state index in [0.29, 0.717) is 49.1 Å². The molecular weight excluding hydrogens is 324 g/mol. The lowest BCUT2D eigenvalue weighted by atomic mass is 10.1. The van der Waals surface area contributed by atoms with Crippen LogP contribution in [0.5, 0.6) is 5.88 Å². The molecule has 0 unspecified atom stereocenters. The van der Waals surface area contributed by atoms with Crippen LogP contribution < -0.4 is 10.3 Å². The maximum atomic E-state index is 12.1. The second-order valence-corrected chi connectivity index (χ2v) is 5.63. The molecule has 25 heavy (non-hydrogen) atoms. The molecule has 0 saturated carbocycles. The summed E-state index contributed by atoms with van der Waals surface area (Å²) in [5.41, 5.74) is 2.77. The molecule has 9 heteroatoms. The van der Waals surface area contributed by atoms with E-state index in [1.165, 1.54) is 0 Å². The standard InChI is InChI=1S/C16H16N6O3/c1-24-15-3-2-10(6-17-15)13-7-22(21-20-13)8-14-18-12-4-5-25-9-11(12)16(23)19-14/h2-3,6-7H,4-5,8-9H2,1H3,(H,18,19,23). The largest absolute Gasteiger partial charge is 0.481 e. The van der Waals surface area contributed by atoms with E-state index in [-0.39, 0.29) is 5.56 Å². The van der Waals surface area contributed by atoms with Crippen molar-refractivity contribution in [1.29, 1.82) is 0 Å². The quantitative estimate of drug-likeness (QED) is 0.739. The zero-order chi connectivity index (χ0) is 17.2. The van der Waals surface area contributed by atoms with Crippen LogP contribution in [0.3, 0.4) is 0 Å². The van der Waals surface area contributed by atoms with Crippen molar-refractivity contribution in [2.45, 2.75) is 19.6 Å². The van der Waals surface area contributed by atoms with Gasteiger partial charge in [0.15, 0.2) is 0 Å². The number of aromatic nitrogens is 6. The monoisotopic (exact) mass is 340 g/mol. The second-order valence-electron chi connectivity index (χ2n) is 5.63. The molecule has 0 aromatic carbocycles. The predicted molar refractivity (Wildman–Crippen MR) is 87.1 cm³/mol. The predicted octanol–water partition coefficient (Wildman–Crippen LogP) is 0.553. The van der Waals surface area contributed by atoms with Gasteiger partial charge >= 0.3 is 0 Å². The number of nitrogens with one attached hydrogen (secondary N) is 1. The Morgan fingerprint density at radius 1 is 1.40 bits per heavy atom. The first-order chi connectivity index (χ1) is 12.2. The van der Waals surface area contributed by atoms with E-state index >= 15 is 0 Å². The highest BCUT2D eigenvalue weighted by Gasteiger charge is 2.16. The molecule has 0 fully saturated rings. The molecule has 0 atom stereocenters. The fourth-order valence-electron chi connectivity index (χ4n) is 2.68. The van der Waals surface area contributed by atoms with E-state index in [2.05, 4.69) is 25.3 Å². The summed E-state index contributed by atoms with van der Waals surface area (Å²) >= 11 is 0. The fourth-order valence-corrected chi connectivity index (χ4v) is 2.68. The van der Waals surface area contributed by atoms with Crippen molar-refractivity contribution in [1.82, 2.24) is 29.9 Å². The first kappa shape index (κ1) is 15.5. The smallest absolute Gasteiger partial charge is 0.256 e. The topological polar surface area (TPSA) is 108 Å². The van der Waals surface area contributed by atoms with Gasteiger partial charge in [0.1, 0.15) is 18.1 Å². The minimum atomic E-state index is -0.153. The van der Waals surface area contributed by atoms with Gasteiger partial charge in [-0.05, 0) is 6.07 Å². The summed E-state index contributed by atoms with van der Waals surface area (Å²) < 4.78 is 12.0. The summed E-state index contributed by atoms with van der Waals surface area (Å²) in [7, 11) is 1.57. The molecule has 0 radical (unpaired) electrons. The van der Waals surface area contributed by atoms with Gasteiger partial charge in [0.25, 0.3) is 5.56 Å². The maximum Gasteiger partial charge on any atom is 0.256 e. The van der Waals surface area contributed by atoms with Crippen molar-refractivity contribution in [3.8, 4) is 17.1 Å². The number of nitrogens with zero attached hydrogens (tertiary/aromatic N) is 5. The van der Waals surface area contributed by atoms with E-state index in [1.807, 2.05) is 6.07 Å². The minimum absolute atomic E-state index is 0.153. The number of fused-ring (bicyclic) bond motifs is 1. The number of hydrogen-bond donors (Lipinski definition) is 1. The Hall–Kier alpha value is -3.07. The highest BCUT2D eigenvalue weighted by atomic mass is 16.5. The van der Waals surface area contributed by atoms with Crippen molar-refractivity contribution in [3.05, 3.63) is 52.0 Å². The first-order valence-electron chi connectivity index (χ1n) is 7.82. The molecule has 4 heterocycles. The highest BCUT2D eigenvalue weighted by molar-refractivity contribution is 5.56. The molecule has 1 aliphatic heterocycles. The van der Waals surface area contributed by atoms with Crippen LogP contribution in [0.25, 0.3) is 11.3 Å². The molecule has 4 rings (SSSR count). The highest BCUT2D eigenvalue weighted by Crippen LogP contribution is 2.17. The summed E-state index contributed by atoms with van der Waals surface area (Å²) in [5.74, 6) is 1.09. The van der Waals surface area contributed by atoms with Crippen LogP contribution in [-0.4, -0.2) is 43.7 Å². The third-order valence-electron chi connectivity index (χ3n) is 3.97. The Balaban J connectivity index is 1.56. The van der Waals surface area contributed by atoms with Gasteiger partial charge in [-0.3, -0.25) is 4.79 Å². The Morgan fingerprint density at radius 2 is 2.32 bits per heavy atom. The van der Waals surface area contributed by atoms with Gasteiger partial charge in [0, 0.05) is 24.2 Å². The summed E-state index contributed by atoms with van der Waals surface area (Å²) in [5, 5.41) is 8.23. The molecule has 0 amide bonds. The fraction of sp³-hybridized carbons (Fsp3) is 0.312. The van der Waals surface area contributed by atoms with E-state index < -0.39 is 0 Å². The van der Waals surface area contributed by atoms with E-state index in [0.717, 1.165) is 11.3 Å². The van der Waals surface area contributed by atoms with Gasteiger partial charge in [-0.15, -0.1) is 5.10 Å². The third-order valence-corrected chi connectivity index (χ3v) is 3.97. The van der Waals surface area contributed by atoms with Gasteiger partial charge in [-0.25, -0.2) is 14.6 Å². The van der Waals surface area contributed by atoms with Crippen LogP contribution in [0, 0.1) is 0 Å². The van der Waals surface area contributed by atoms with Gasteiger partial charge < -0.3 is 14.5 Å². The Labute approximate surface area is 142 Å². The van der Waals surface area contributed by atoms with Crippen LogP contribution in [0.1, 0.15) is 17.1 Å². The van der Waals surface area contributed by atoms with Gasteiger partial charge in [0.05, 0.1) is 37.8 Å². The maximum absolute atomic E-state index is 12.1. The van der Waals surface area contributed by atoms with Crippen molar-refractivity contribution in [3.63, 3.8) is 0 Å². The minimum Gasteiger partial charge on any atom is -0.481 e. The van der Waals surface area contributed by atoms with Crippen LogP contribution in [-0.2, 0) is 24.3 Å². The summed E-state index contributed by atoms with van der Waals surface area (Å²) in [6, 6.07) is 3.62. The first-order valence-corrected chi connectivity index (χ1v) is 7.82. The molecule has 3 aromatic rings. The van der Waals surface area contributed by atoms with Crippen LogP contribution >= 0.6 is 0 Å². The summed E-state index contributed by atoms with van der Waals surface area (Å²) in [6.45, 7) is 1.23. The van der Waals surface area contributed by atoms with Crippen LogP contribution in [0.2, 0.25) is 0 Å². The lowest BCUT2D eigenvalue weighted by molar-refractivity contribution is 0.107. The molecule has 1 N–H and O–H groups in total. The molecule has 9 nitrogen and oxygen atoms in total. The molecule has 0 bridgehead atoms. The number of rotatable bonds is 4. The normalized spacial score (nSPS) is 13.5. The van der Waals surface area contributed by atoms with E-state index in [9.17, 15) is 4.79 Å². The van der Waals surface area contributed by atoms with E-state index in [1.54, 1.807) is 30.3 Å². The molecular formula is C16H16N6O3. The number of hydrogen-bond acceptors (Lipinski definition) is 7. The lowest BCUT2D eigenvalue weighted by Crippen LogP contribution is -2.26. The summed E-state index contributed by atoms with van der Waals surface area (Å²) in [6.07, 6.45) is 4.10. The Kier molecular flexibility index (Phi) is 3.98. The number of methoxy groups -OCH3 is 1. The molecule has 3 aromatic heterocycles. The van der Waals surface area contributed by atoms with E-state index in [4.69, 9.17) is 9.47 Å². The van der Waals surface area contributed by atoms with Crippen LogP contribution in [0.15, 0.2) is 29.3 Å². The van der Waals surface area contributed by atoms with Crippen molar-refractivity contribution < 1.29 is 9.47 Å². The Morgan fingerprint density at radius 3 is 3.12 bits per heavy atom. The SMILES string of the molecule is COc1ccc(-c2cn(Cc3nc4c(c(=O)[nH]3)COCC4)nn2)cn1. The summed E-state index contributed by atoms with van der Waals surface area (Å²) in [4.78, 5) is 23.6. The molecule has 0 aliphatic carbocycles. The van der Waals surface area contributed by atoms with Gasteiger partial charge in [0.2, 0.25) is 5.88 Å². The molecule has 1 aliphatic rings. The second kappa shape index (κ2) is 6.44. The zero-order valence-corrected chi connectivity index (χ0v) is 13.6. The number of aromatic amines is 1. The molecule has 0 saturated heterocycles. The average Bonchev–Trinajstić information content (AvgIpc) is 3.10. The average molecular weight is 340 g/mol. The molecule has 0 spiro atoms. The van der Waals surface area contributed by atoms with Crippen LogP contribution in [0.4, 0.5) is 0 Å². The lowest BCUT2D eigenvalue weighted by Gasteiger charge is -2.15.